The molecule has 0 spiro atoms. The standard InChI is InChI=1S/C12H17NO2/c1-8(2)9-5-6-11(14)10(7-9)12(15)13(3)4/h5-8,14H,1-4H3. The second-order valence-corrected chi connectivity index (χ2v) is 4.13. The Hall–Kier alpha value is -1.51. The van der Waals surface area contributed by atoms with Crippen LogP contribution in [0.25, 0.3) is 0 Å². The second-order valence-electron chi connectivity index (χ2n) is 4.13. The summed E-state index contributed by atoms with van der Waals surface area (Å²) < 4.78 is 0. The van der Waals surface area contributed by atoms with E-state index >= 15 is 0 Å². The molecule has 0 fully saturated rings. The second kappa shape index (κ2) is 4.34. The third-order valence-corrected chi connectivity index (χ3v) is 2.32. The molecular formula is C12H17NO2. The molecule has 15 heavy (non-hydrogen) atoms. The van der Waals surface area contributed by atoms with Crippen molar-refractivity contribution in [3.05, 3.63) is 29.3 Å². The van der Waals surface area contributed by atoms with Crippen LogP contribution in [0.3, 0.4) is 0 Å². The fourth-order valence-corrected chi connectivity index (χ4v) is 1.32. The Morgan fingerprint density at radius 3 is 2.40 bits per heavy atom. The first kappa shape index (κ1) is 11.6. The lowest BCUT2D eigenvalue weighted by molar-refractivity contribution is 0.0824. The van der Waals surface area contributed by atoms with E-state index in [0.29, 0.717) is 11.5 Å². The van der Waals surface area contributed by atoms with Crippen LogP contribution in [0.1, 0.15) is 35.7 Å². The first-order chi connectivity index (χ1) is 6.93. The maximum Gasteiger partial charge on any atom is 0.257 e. The van der Waals surface area contributed by atoms with Gasteiger partial charge in [-0.25, -0.2) is 0 Å². The Kier molecular flexibility index (Phi) is 3.35. The van der Waals surface area contributed by atoms with Crippen LogP contribution in [0.2, 0.25) is 0 Å². The van der Waals surface area contributed by atoms with E-state index in [-0.39, 0.29) is 11.7 Å². The molecule has 1 amide bonds. The minimum Gasteiger partial charge on any atom is -0.507 e. The molecule has 0 saturated carbocycles. The third kappa shape index (κ3) is 2.49. The zero-order valence-electron chi connectivity index (χ0n) is 9.61. The van der Waals surface area contributed by atoms with Gasteiger partial charge in [-0.15, -0.1) is 0 Å². The molecule has 0 aliphatic carbocycles. The van der Waals surface area contributed by atoms with E-state index in [1.165, 1.54) is 4.90 Å². The van der Waals surface area contributed by atoms with Gasteiger partial charge in [0.05, 0.1) is 5.56 Å². The van der Waals surface area contributed by atoms with Crippen molar-refractivity contribution < 1.29 is 9.90 Å². The number of hydrogen-bond acceptors (Lipinski definition) is 2. The van der Waals surface area contributed by atoms with Crippen molar-refractivity contribution in [2.24, 2.45) is 0 Å². The molecular weight excluding hydrogens is 190 g/mol. The SMILES string of the molecule is CC(C)c1ccc(O)c(C(=O)N(C)C)c1. The highest BCUT2D eigenvalue weighted by molar-refractivity contribution is 5.96. The lowest BCUT2D eigenvalue weighted by Crippen LogP contribution is -2.21. The summed E-state index contributed by atoms with van der Waals surface area (Å²) in [6.45, 7) is 4.10. The van der Waals surface area contributed by atoms with Gasteiger partial charge in [-0.05, 0) is 23.6 Å². The predicted molar refractivity (Wildman–Crippen MR) is 60.2 cm³/mol. The van der Waals surface area contributed by atoms with Gasteiger partial charge in [0.2, 0.25) is 0 Å². The van der Waals surface area contributed by atoms with Gasteiger partial charge in [0, 0.05) is 14.1 Å². The summed E-state index contributed by atoms with van der Waals surface area (Å²) in [6.07, 6.45) is 0. The first-order valence-electron chi connectivity index (χ1n) is 4.98. The topological polar surface area (TPSA) is 40.5 Å². The van der Waals surface area contributed by atoms with Gasteiger partial charge in [0.1, 0.15) is 5.75 Å². The molecule has 1 aromatic carbocycles. The van der Waals surface area contributed by atoms with Crippen LogP contribution in [0.15, 0.2) is 18.2 Å². The van der Waals surface area contributed by atoms with Gasteiger partial charge < -0.3 is 10.0 Å². The number of carbonyl (C=O) groups is 1. The number of carbonyl (C=O) groups excluding carboxylic acids is 1. The number of amides is 1. The molecule has 3 heteroatoms. The molecule has 0 aliphatic heterocycles. The number of nitrogens with zero attached hydrogens (tertiary/aromatic N) is 1. The number of phenolic OH excluding ortho intramolecular Hbond substituents is 1. The maximum absolute atomic E-state index is 11.7. The fourth-order valence-electron chi connectivity index (χ4n) is 1.32. The Morgan fingerprint density at radius 1 is 1.33 bits per heavy atom. The molecule has 0 atom stereocenters. The normalized spacial score (nSPS) is 10.5. The third-order valence-electron chi connectivity index (χ3n) is 2.32. The smallest absolute Gasteiger partial charge is 0.257 e. The van der Waals surface area contributed by atoms with Crippen molar-refractivity contribution in [2.45, 2.75) is 19.8 Å². The van der Waals surface area contributed by atoms with Crippen LogP contribution >= 0.6 is 0 Å². The summed E-state index contributed by atoms with van der Waals surface area (Å²) in [5.41, 5.74) is 1.42. The molecule has 0 saturated heterocycles. The summed E-state index contributed by atoms with van der Waals surface area (Å²) in [5.74, 6) is 0.215. The van der Waals surface area contributed by atoms with Gasteiger partial charge in [0.25, 0.3) is 5.91 Å². The van der Waals surface area contributed by atoms with E-state index in [1.54, 1.807) is 26.2 Å². The molecule has 0 aromatic heterocycles. The highest BCUT2D eigenvalue weighted by Gasteiger charge is 2.14. The zero-order valence-corrected chi connectivity index (χ0v) is 9.61. The number of aromatic hydroxyl groups is 1. The Labute approximate surface area is 90.3 Å². The Bertz CT molecular complexity index is 370. The molecule has 1 rings (SSSR count). The molecule has 0 radical (unpaired) electrons. The summed E-state index contributed by atoms with van der Waals surface area (Å²) in [5, 5.41) is 9.59. The van der Waals surface area contributed by atoms with Crippen molar-refractivity contribution in [3.63, 3.8) is 0 Å². The first-order valence-corrected chi connectivity index (χ1v) is 4.98. The minimum absolute atomic E-state index is 0.0399. The van der Waals surface area contributed by atoms with Crippen LogP contribution in [-0.2, 0) is 0 Å². The van der Waals surface area contributed by atoms with E-state index < -0.39 is 0 Å². The molecule has 1 N–H and O–H groups in total. The van der Waals surface area contributed by atoms with Crippen LogP contribution in [0, 0.1) is 0 Å². The van der Waals surface area contributed by atoms with Gasteiger partial charge in [-0.1, -0.05) is 19.9 Å². The van der Waals surface area contributed by atoms with E-state index in [0.717, 1.165) is 5.56 Å². The average Bonchev–Trinajstić information content (AvgIpc) is 2.16. The van der Waals surface area contributed by atoms with Gasteiger partial charge in [-0.3, -0.25) is 4.79 Å². The lowest BCUT2D eigenvalue weighted by atomic mass is 10.00. The lowest BCUT2D eigenvalue weighted by Gasteiger charge is -2.13. The summed E-state index contributed by atoms with van der Waals surface area (Å²) in [7, 11) is 3.34. The monoisotopic (exact) mass is 207 g/mol. The van der Waals surface area contributed by atoms with E-state index in [1.807, 2.05) is 6.07 Å². The van der Waals surface area contributed by atoms with E-state index in [4.69, 9.17) is 0 Å². The fraction of sp³-hybridized carbons (Fsp3) is 0.417. The Morgan fingerprint density at radius 2 is 1.93 bits per heavy atom. The minimum atomic E-state index is -0.171. The number of benzene rings is 1. The average molecular weight is 207 g/mol. The molecule has 0 heterocycles. The van der Waals surface area contributed by atoms with Crippen LogP contribution in [-0.4, -0.2) is 30.0 Å². The largest absolute Gasteiger partial charge is 0.507 e. The summed E-state index contributed by atoms with van der Waals surface area (Å²) in [6, 6.07) is 5.17. The van der Waals surface area contributed by atoms with Crippen molar-refractivity contribution in [2.75, 3.05) is 14.1 Å². The molecule has 82 valence electrons. The van der Waals surface area contributed by atoms with Crippen LogP contribution in [0.4, 0.5) is 0 Å². The highest BCUT2D eigenvalue weighted by Crippen LogP contribution is 2.23. The van der Waals surface area contributed by atoms with Gasteiger partial charge in [0.15, 0.2) is 0 Å². The van der Waals surface area contributed by atoms with Gasteiger partial charge in [-0.2, -0.15) is 0 Å². The molecule has 0 aliphatic rings. The van der Waals surface area contributed by atoms with Crippen molar-refractivity contribution in [1.29, 1.82) is 0 Å². The van der Waals surface area contributed by atoms with Gasteiger partial charge >= 0.3 is 0 Å². The van der Waals surface area contributed by atoms with Crippen molar-refractivity contribution >= 4 is 5.91 Å². The van der Waals surface area contributed by atoms with Crippen LogP contribution in [0.5, 0.6) is 5.75 Å². The number of phenols is 1. The predicted octanol–water partition coefficient (Wildman–Crippen LogP) is 2.22. The summed E-state index contributed by atoms with van der Waals surface area (Å²) in [4.78, 5) is 13.2. The van der Waals surface area contributed by atoms with Crippen LogP contribution < -0.4 is 0 Å². The maximum atomic E-state index is 11.7. The molecule has 1 aromatic rings. The quantitative estimate of drug-likeness (QED) is 0.807. The summed E-state index contributed by atoms with van der Waals surface area (Å²) >= 11 is 0. The van der Waals surface area contributed by atoms with E-state index in [2.05, 4.69) is 13.8 Å². The zero-order chi connectivity index (χ0) is 11.6. The Balaban J connectivity index is 3.16. The van der Waals surface area contributed by atoms with Crippen molar-refractivity contribution in [1.82, 2.24) is 4.90 Å². The molecule has 3 nitrogen and oxygen atoms in total. The number of hydrogen-bond donors (Lipinski definition) is 1. The van der Waals surface area contributed by atoms with E-state index in [9.17, 15) is 9.90 Å². The number of rotatable bonds is 2. The van der Waals surface area contributed by atoms with Crippen molar-refractivity contribution in [3.8, 4) is 5.75 Å². The molecule has 0 unspecified atom stereocenters. The highest BCUT2D eigenvalue weighted by atomic mass is 16.3. The molecule has 0 bridgehead atoms.